The van der Waals surface area contributed by atoms with Gasteiger partial charge in [-0.05, 0) is 24.4 Å². The first-order chi connectivity index (χ1) is 8.79. The highest BCUT2D eigenvalue weighted by Crippen LogP contribution is 2.22. The van der Waals surface area contributed by atoms with Crippen molar-refractivity contribution in [2.24, 2.45) is 0 Å². The van der Waals surface area contributed by atoms with Gasteiger partial charge in [-0.25, -0.2) is 4.98 Å². The molecule has 0 atom stereocenters. The van der Waals surface area contributed by atoms with Gasteiger partial charge in [0.25, 0.3) is 0 Å². The van der Waals surface area contributed by atoms with Gasteiger partial charge in [-0.2, -0.15) is 0 Å². The molecule has 0 radical (unpaired) electrons. The second kappa shape index (κ2) is 5.92. The molecule has 0 bridgehead atoms. The molecule has 2 aromatic rings. The molecule has 1 aromatic carbocycles. The number of nitrogens with one attached hydrogen (secondary N) is 2. The summed E-state index contributed by atoms with van der Waals surface area (Å²) in [5, 5.41) is 6.40. The van der Waals surface area contributed by atoms with Gasteiger partial charge in [-0.15, -0.1) is 0 Å². The standard InChI is InChI=1S/C12H12N4OS/c1-17-10-5-3-2-4-9(10)15-12(18)16-11-8-13-6-7-14-11/h2-8H,1H3,(H2,14,15,16,18). The molecule has 2 N–H and O–H groups in total. The zero-order valence-corrected chi connectivity index (χ0v) is 10.6. The van der Waals surface area contributed by atoms with E-state index >= 15 is 0 Å². The Morgan fingerprint density at radius 2 is 2.06 bits per heavy atom. The molecule has 0 aliphatic carbocycles. The summed E-state index contributed by atoms with van der Waals surface area (Å²) in [7, 11) is 1.61. The van der Waals surface area contributed by atoms with Crippen LogP contribution in [-0.2, 0) is 0 Å². The van der Waals surface area contributed by atoms with Crippen molar-refractivity contribution in [1.82, 2.24) is 9.97 Å². The van der Waals surface area contributed by atoms with E-state index in [-0.39, 0.29) is 0 Å². The van der Waals surface area contributed by atoms with Crippen LogP contribution in [0.3, 0.4) is 0 Å². The Kier molecular flexibility index (Phi) is 4.03. The van der Waals surface area contributed by atoms with Crippen LogP contribution >= 0.6 is 12.2 Å². The number of methoxy groups -OCH3 is 1. The Labute approximate surface area is 110 Å². The molecule has 0 unspecified atom stereocenters. The average Bonchev–Trinajstić information content (AvgIpc) is 2.40. The fourth-order valence-corrected chi connectivity index (χ4v) is 1.60. The number of benzene rings is 1. The SMILES string of the molecule is COc1ccccc1NC(=S)Nc1cnccn1. The second-order valence-corrected chi connectivity index (χ2v) is 3.78. The smallest absolute Gasteiger partial charge is 0.176 e. The van der Waals surface area contributed by atoms with Crippen LogP contribution in [0.15, 0.2) is 42.9 Å². The first-order valence-corrected chi connectivity index (χ1v) is 5.67. The number of ether oxygens (including phenoxy) is 1. The maximum Gasteiger partial charge on any atom is 0.176 e. The van der Waals surface area contributed by atoms with Gasteiger partial charge >= 0.3 is 0 Å². The molecule has 0 saturated heterocycles. The lowest BCUT2D eigenvalue weighted by Crippen LogP contribution is -2.20. The number of hydrogen-bond donors (Lipinski definition) is 2. The van der Waals surface area contributed by atoms with E-state index in [1.165, 1.54) is 0 Å². The minimum absolute atomic E-state index is 0.431. The van der Waals surface area contributed by atoms with E-state index in [4.69, 9.17) is 17.0 Å². The molecule has 6 heteroatoms. The number of thiocarbonyl (C=S) groups is 1. The van der Waals surface area contributed by atoms with Crippen molar-refractivity contribution in [3.8, 4) is 5.75 Å². The van der Waals surface area contributed by atoms with E-state index < -0.39 is 0 Å². The topological polar surface area (TPSA) is 59.1 Å². The Bertz CT molecular complexity index is 533. The molecule has 0 aliphatic rings. The first-order valence-electron chi connectivity index (χ1n) is 5.26. The zero-order valence-electron chi connectivity index (χ0n) is 9.75. The maximum absolute atomic E-state index is 5.22. The third-order valence-corrected chi connectivity index (χ3v) is 2.36. The van der Waals surface area contributed by atoms with E-state index in [2.05, 4.69) is 20.6 Å². The highest BCUT2D eigenvalue weighted by molar-refractivity contribution is 7.80. The molecule has 0 spiro atoms. The van der Waals surface area contributed by atoms with Crippen molar-refractivity contribution in [2.45, 2.75) is 0 Å². The third kappa shape index (κ3) is 3.14. The summed E-state index contributed by atoms with van der Waals surface area (Å²) in [5.41, 5.74) is 0.793. The quantitative estimate of drug-likeness (QED) is 0.826. The van der Waals surface area contributed by atoms with E-state index in [9.17, 15) is 0 Å². The molecule has 0 saturated carbocycles. The predicted molar refractivity (Wildman–Crippen MR) is 74.9 cm³/mol. The Hall–Kier alpha value is -2.21. The summed E-state index contributed by atoms with van der Waals surface area (Å²) in [6.07, 6.45) is 4.78. The van der Waals surface area contributed by atoms with E-state index in [1.54, 1.807) is 25.7 Å². The fourth-order valence-electron chi connectivity index (χ4n) is 1.38. The van der Waals surface area contributed by atoms with Gasteiger partial charge in [-0.1, -0.05) is 12.1 Å². The maximum atomic E-state index is 5.22. The van der Waals surface area contributed by atoms with E-state index in [0.29, 0.717) is 10.9 Å². The van der Waals surface area contributed by atoms with Crippen molar-refractivity contribution < 1.29 is 4.74 Å². The highest BCUT2D eigenvalue weighted by Gasteiger charge is 2.04. The van der Waals surface area contributed by atoms with Crippen LogP contribution < -0.4 is 15.4 Å². The summed E-state index contributed by atoms with van der Waals surface area (Å²) in [6.45, 7) is 0. The van der Waals surface area contributed by atoms with Gasteiger partial charge in [0.1, 0.15) is 5.75 Å². The monoisotopic (exact) mass is 260 g/mol. The third-order valence-electron chi connectivity index (χ3n) is 2.16. The molecule has 0 fully saturated rings. The van der Waals surface area contributed by atoms with Gasteiger partial charge < -0.3 is 15.4 Å². The van der Waals surface area contributed by atoms with Crippen LogP contribution in [0.4, 0.5) is 11.5 Å². The minimum atomic E-state index is 0.431. The lowest BCUT2D eigenvalue weighted by molar-refractivity contribution is 0.417. The molecule has 5 nitrogen and oxygen atoms in total. The van der Waals surface area contributed by atoms with E-state index in [1.807, 2.05) is 24.3 Å². The number of nitrogens with zero attached hydrogens (tertiary/aromatic N) is 2. The largest absolute Gasteiger partial charge is 0.495 e. The van der Waals surface area contributed by atoms with Crippen molar-refractivity contribution in [3.63, 3.8) is 0 Å². The number of rotatable bonds is 3. The molecule has 92 valence electrons. The molecule has 1 aromatic heterocycles. The number of aromatic nitrogens is 2. The molecule has 18 heavy (non-hydrogen) atoms. The normalized spacial score (nSPS) is 9.61. The number of para-hydroxylation sites is 2. The average molecular weight is 260 g/mol. The summed E-state index contributed by atoms with van der Waals surface area (Å²) in [6, 6.07) is 7.52. The van der Waals surface area contributed by atoms with Gasteiger partial charge in [0.05, 0.1) is 19.0 Å². The number of hydrogen-bond acceptors (Lipinski definition) is 4. The van der Waals surface area contributed by atoms with Crippen molar-refractivity contribution in [2.75, 3.05) is 17.7 Å². The Balaban J connectivity index is 2.03. The summed E-state index contributed by atoms with van der Waals surface area (Å²) in [5.74, 6) is 1.31. The van der Waals surface area contributed by atoms with Crippen molar-refractivity contribution >= 4 is 28.8 Å². The van der Waals surface area contributed by atoms with Crippen LogP contribution in [0.25, 0.3) is 0 Å². The summed E-state index contributed by atoms with van der Waals surface area (Å²) in [4.78, 5) is 8.01. The Morgan fingerprint density at radius 3 is 2.78 bits per heavy atom. The highest BCUT2D eigenvalue weighted by atomic mass is 32.1. The van der Waals surface area contributed by atoms with Crippen LogP contribution in [0, 0.1) is 0 Å². The van der Waals surface area contributed by atoms with Crippen LogP contribution in [0.1, 0.15) is 0 Å². The van der Waals surface area contributed by atoms with Gasteiger partial charge in [0.15, 0.2) is 10.9 Å². The Morgan fingerprint density at radius 1 is 1.22 bits per heavy atom. The number of anilines is 2. The van der Waals surface area contributed by atoms with Crippen LogP contribution in [-0.4, -0.2) is 22.2 Å². The van der Waals surface area contributed by atoms with Crippen molar-refractivity contribution in [1.29, 1.82) is 0 Å². The molecule has 2 rings (SSSR count). The molecular weight excluding hydrogens is 248 g/mol. The fraction of sp³-hybridized carbons (Fsp3) is 0.0833. The van der Waals surface area contributed by atoms with Crippen LogP contribution in [0.5, 0.6) is 5.75 Å². The van der Waals surface area contributed by atoms with Gasteiger partial charge in [-0.3, -0.25) is 4.98 Å². The van der Waals surface area contributed by atoms with Gasteiger partial charge in [0, 0.05) is 12.4 Å². The molecule has 1 heterocycles. The first kappa shape index (κ1) is 12.3. The lowest BCUT2D eigenvalue weighted by Gasteiger charge is -2.12. The van der Waals surface area contributed by atoms with Crippen molar-refractivity contribution in [3.05, 3.63) is 42.9 Å². The zero-order chi connectivity index (χ0) is 12.8. The predicted octanol–water partition coefficient (Wildman–Crippen LogP) is 2.29. The van der Waals surface area contributed by atoms with Crippen LogP contribution in [0.2, 0.25) is 0 Å². The lowest BCUT2D eigenvalue weighted by atomic mass is 10.3. The van der Waals surface area contributed by atoms with E-state index in [0.717, 1.165) is 11.4 Å². The minimum Gasteiger partial charge on any atom is -0.495 e. The van der Waals surface area contributed by atoms with Gasteiger partial charge in [0.2, 0.25) is 0 Å². The summed E-state index contributed by atoms with van der Waals surface area (Å²) < 4.78 is 5.22. The second-order valence-electron chi connectivity index (χ2n) is 3.37. The summed E-state index contributed by atoms with van der Waals surface area (Å²) >= 11 is 5.18. The molecular formula is C12H12N4OS. The molecule has 0 aliphatic heterocycles. The molecule has 0 amide bonds.